The minimum Gasteiger partial charge on any atom is -0.467 e. The van der Waals surface area contributed by atoms with Crippen molar-refractivity contribution in [1.29, 1.82) is 0 Å². The summed E-state index contributed by atoms with van der Waals surface area (Å²) >= 11 is 0. The highest BCUT2D eigenvalue weighted by Gasteiger charge is 2.20. The van der Waals surface area contributed by atoms with E-state index < -0.39 is 0 Å². The predicted octanol–water partition coefficient (Wildman–Crippen LogP) is 2.52. The topological polar surface area (TPSA) is 87.9 Å². The lowest BCUT2D eigenvalue weighted by Gasteiger charge is -2.18. The molecule has 0 fully saturated rings. The third kappa shape index (κ3) is 11.3. The molecule has 0 radical (unpaired) electrons. The first-order chi connectivity index (χ1) is 11.9. The van der Waals surface area contributed by atoms with Crippen LogP contribution in [0.25, 0.3) is 0 Å². The van der Waals surface area contributed by atoms with Gasteiger partial charge in [0, 0.05) is 38.2 Å². The van der Waals surface area contributed by atoms with Crippen LogP contribution in [-0.2, 0) is 16.1 Å². The van der Waals surface area contributed by atoms with Crippen LogP contribution in [0, 0.1) is 5.41 Å². The highest BCUT2D eigenvalue weighted by Crippen LogP contribution is 2.11. The van der Waals surface area contributed by atoms with Gasteiger partial charge in [-0.15, -0.1) is 24.0 Å². The molecule has 0 saturated carbocycles. The third-order valence-electron chi connectivity index (χ3n) is 3.27. The van der Waals surface area contributed by atoms with Crippen molar-refractivity contribution in [1.82, 2.24) is 16.0 Å². The molecular weight excluding hydrogens is 447 g/mol. The molecule has 1 heterocycles. The number of hydrogen-bond donors (Lipinski definition) is 3. The molecule has 7 nitrogen and oxygen atoms in total. The Morgan fingerprint density at radius 3 is 2.58 bits per heavy atom. The average molecular weight is 480 g/mol. The molecule has 1 rings (SSSR count). The first-order valence-electron chi connectivity index (χ1n) is 8.84. The third-order valence-corrected chi connectivity index (χ3v) is 3.27. The van der Waals surface area contributed by atoms with E-state index in [1.54, 1.807) is 6.26 Å². The van der Waals surface area contributed by atoms with Gasteiger partial charge in [-0.2, -0.15) is 0 Å². The summed E-state index contributed by atoms with van der Waals surface area (Å²) in [5, 5.41) is 9.30. The standard InChI is InChI=1S/C18H32N4O3.HI/c1-5-19-17(22-11-10-20-16(23)18(2,3)4)21-9-7-12-24-14-15-8-6-13-25-15;/h6,8,13H,5,7,9-12,14H2,1-4H3,(H,20,23)(H2,19,21,22);1H. The summed E-state index contributed by atoms with van der Waals surface area (Å²) in [6.45, 7) is 11.5. The van der Waals surface area contributed by atoms with E-state index in [1.165, 1.54) is 0 Å². The van der Waals surface area contributed by atoms with Gasteiger partial charge in [0.2, 0.25) is 5.91 Å². The van der Waals surface area contributed by atoms with Crippen molar-refractivity contribution in [3.63, 3.8) is 0 Å². The van der Waals surface area contributed by atoms with Crippen LogP contribution in [0.15, 0.2) is 27.8 Å². The zero-order valence-corrected chi connectivity index (χ0v) is 18.6. The molecule has 1 aromatic heterocycles. The van der Waals surface area contributed by atoms with E-state index in [9.17, 15) is 4.79 Å². The van der Waals surface area contributed by atoms with Gasteiger partial charge < -0.3 is 25.1 Å². The zero-order valence-electron chi connectivity index (χ0n) is 16.3. The number of aliphatic imine (C=N–C) groups is 1. The summed E-state index contributed by atoms with van der Waals surface area (Å²) in [5.74, 6) is 1.62. The number of nitrogens with one attached hydrogen (secondary N) is 3. The molecule has 1 amide bonds. The molecule has 8 heteroatoms. The Morgan fingerprint density at radius 1 is 1.23 bits per heavy atom. The van der Waals surface area contributed by atoms with Gasteiger partial charge in [0.15, 0.2) is 5.96 Å². The van der Waals surface area contributed by atoms with Crippen LogP contribution in [0.4, 0.5) is 0 Å². The van der Waals surface area contributed by atoms with E-state index in [0.29, 0.717) is 32.8 Å². The van der Waals surface area contributed by atoms with Gasteiger partial charge in [-0.1, -0.05) is 20.8 Å². The van der Waals surface area contributed by atoms with E-state index in [-0.39, 0.29) is 35.3 Å². The molecule has 1 aromatic rings. The number of amides is 1. The number of carbonyl (C=O) groups excluding carboxylic acids is 1. The lowest BCUT2D eigenvalue weighted by molar-refractivity contribution is -0.128. The van der Waals surface area contributed by atoms with Crippen LogP contribution in [0.1, 0.15) is 39.9 Å². The summed E-state index contributed by atoms with van der Waals surface area (Å²) in [7, 11) is 0. The number of ether oxygens (including phenoxy) is 1. The minimum atomic E-state index is -0.367. The summed E-state index contributed by atoms with van der Waals surface area (Å²) < 4.78 is 10.7. The summed E-state index contributed by atoms with van der Waals surface area (Å²) in [4.78, 5) is 16.3. The molecule has 150 valence electrons. The first kappa shape index (κ1) is 24.7. The monoisotopic (exact) mass is 480 g/mol. The molecule has 0 bridgehead atoms. The maximum absolute atomic E-state index is 11.8. The van der Waals surface area contributed by atoms with Crippen LogP contribution < -0.4 is 16.0 Å². The molecule has 0 aliphatic heterocycles. The second-order valence-corrected chi connectivity index (χ2v) is 6.68. The van der Waals surface area contributed by atoms with E-state index in [2.05, 4.69) is 20.9 Å². The normalized spacial score (nSPS) is 11.6. The maximum Gasteiger partial charge on any atom is 0.225 e. The van der Waals surface area contributed by atoms with Gasteiger partial charge >= 0.3 is 0 Å². The summed E-state index contributed by atoms with van der Waals surface area (Å²) in [5.41, 5.74) is -0.367. The fraction of sp³-hybridized carbons (Fsp3) is 0.667. The van der Waals surface area contributed by atoms with Crippen molar-refractivity contribution in [2.24, 2.45) is 10.4 Å². The Bertz CT molecular complexity index is 513. The Balaban J connectivity index is 0.00000625. The van der Waals surface area contributed by atoms with E-state index >= 15 is 0 Å². The highest BCUT2D eigenvalue weighted by molar-refractivity contribution is 14.0. The number of guanidine groups is 1. The number of halogens is 1. The van der Waals surface area contributed by atoms with Crippen molar-refractivity contribution in [2.45, 2.75) is 40.7 Å². The van der Waals surface area contributed by atoms with Crippen LogP contribution in [0.5, 0.6) is 0 Å². The predicted molar refractivity (Wildman–Crippen MR) is 115 cm³/mol. The quantitative estimate of drug-likeness (QED) is 0.207. The molecule has 0 unspecified atom stereocenters. The van der Waals surface area contributed by atoms with Crippen molar-refractivity contribution in [3.05, 3.63) is 24.2 Å². The van der Waals surface area contributed by atoms with E-state index in [0.717, 1.165) is 24.7 Å². The molecular formula is C18H33IN4O3. The average Bonchev–Trinajstić information content (AvgIpc) is 3.06. The maximum atomic E-state index is 11.8. The van der Waals surface area contributed by atoms with Crippen molar-refractivity contribution >= 4 is 35.8 Å². The smallest absolute Gasteiger partial charge is 0.225 e. The van der Waals surface area contributed by atoms with E-state index in [1.807, 2.05) is 39.8 Å². The molecule has 0 aliphatic carbocycles. The molecule has 0 spiro atoms. The molecule has 26 heavy (non-hydrogen) atoms. The Hall–Kier alpha value is -1.29. The van der Waals surface area contributed by atoms with Gasteiger partial charge in [0.1, 0.15) is 12.4 Å². The van der Waals surface area contributed by atoms with Crippen LogP contribution in [0.2, 0.25) is 0 Å². The fourth-order valence-corrected chi connectivity index (χ4v) is 1.89. The Morgan fingerprint density at radius 2 is 1.96 bits per heavy atom. The number of rotatable bonds is 10. The molecule has 0 saturated heterocycles. The second kappa shape index (κ2) is 13.9. The second-order valence-electron chi connectivity index (χ2n) is 6.68. The van der Waals surface area contributed by atoms with Gasteiger partial charge in [0.25, 0.3) is 0 Å². The summed E-state index contributed by atoms with van der Waals surface area (Å²) in [6.07, 6.45) is 2.47. The van der Waals surface area contributed by atoms with Crippen molar-refractivity contribution in [3.8, 4) is 0 Å². The lowest BCUT2D eigenvalue weighted by Crippen LogP contribution is -2.43. The number of hydrogen-bond acceptors (Lipinski definition) is 4. The first-order valence-corrected chi connectivity index (χ1v) is 8.84. The fourth-order valence-electron chi connectivity index (χ4n) is 1.89. The number of furan rings is 1. The highest BCUT2D eigenvalue weighted by atomic mass is 127. The molecule has 0 atom stereocenters. The van der Waals surface area contributed by atoms with Crippen molar-refractivity contribution in [2.75, 3.05) is 32.8 Å². The van der Waals surface area contributed by atoms with Crippen molar-refractivity contribution < 1.29 is 13.9 Å². The minimum absolute atomic E-state index is 0. The van der Waals surface area contributed by atoms with Gasteiger partial charge in [-0.3, -0.25) is 9.79 Å². The molecule has 3 N–H and O–H groups in total. The van der Waals surface area contributed by atoms with Gasteiger partial charge in [-0.05, 0) is 25.5 Å². The van der Waals surface area contributed by atoms with Crippen LogP contribution in [-0.4, -0.2) is 44.7 Å². The lowest BCUT2D eigenvalue weighted by atomic mass is 9.96. The molecule has 0 aromatic carbocycles. The number of nitrogens with zero attached hydrogens (tertiary/aromatic N) is 1. The van der Waals surface area contributed by atoms with Crippen LogP contribution >= 0.6 is 24.0 Å². The Labute approximate surface area is 173 Å². The van der Waals surface area contributed by atoms with Gasteiger partial charge in [0.05, 0.1) is 6.26 Å². The molecule has 0 aliphatic rings. The zero-order chi connectivity index (χ0) is 18.5. The Kier molecular flexibility index (Phi) is 13.2. The summed E-state index contributed by atoms with van der Waals surface area (Å²) in [6, 6.07) is 3.74. The van der Waals surface area contributed by atoms with Crippen LogP contribution in [0.3, 0.4) is 0 Å². The SMILES string of the molecule is CCNC(=NCCCOCc1ccco1)NCCNC(=O)C(C)(C)C.I. The largest absolute Gasteiger partial charge is 0.467 e. The van der Waals surface area contributed by atoms with E-state index in [4.69, 9.17) is 9.15 Å². The number of carbonyl (C=O) groups is 1. The van der Waals surface area contributed by atoms with Gasteiger partial charge in [-0.25, -0.2) is 0 Å².